The van der Waals surface area contributed by atoms with Crippen LogP contribution in [0.5, 0.6) is 11.5 Å². The Kier molecular flexibility index (Phi) is 3.25. The summed E-state index contributed by atoms with van der Waals surface area (Å²) in [4.78, 5) is 16.2. The number of para-hydroxylation sites is 2. The fourth-order valence-corrected chi connectivity index (χ4v) is 1.90. The lowest BCUT2D eigenvalue weighted by atomic mass is 10.2. The van der Waals surface area contributed by atoms with E-state index >= 15 is 0 Å². The second-order valence-corrected chi connectivity index (χ2v) is 4.57. The molecule has 1 aromatic heterocycles. The van der Waals surface area contributed by atoms with Crippen LogP contribution < -0.4 is 14.8 Å². The molecule has 0 fully saturated rings. The molecular formula is C15H14N2O3. The van der Waals surface area contributed by atoms with Gasteiger partial charge in [-0.2, -0.15) is 0 Å². The van der Waals surface area contributed by atoms with Crippen molar-refractivity contribution in [3.8, 4) is 11.5 Å². The summed E-state index contributed by atoms with van der Waals surface area (Å²) in [5.74, 6) is 1.47. The van der Waals surface area contributed by atoms with Crippen molar-refractivity contribution in [3.63, 3.8) is 0 Å². The number of anilines is 1. The van der Waals surface area contributed by atoms with Crippen molar-refractivity contribution >= 4 is 11.7 Å². The number of nitrogens with one attached hydrogen (secondary N) is 1. The van der Waals surface area contributed by atoms with Gasteiger partial charge in [-0.15, -0.1) is 0 Å². The van der Waals surface area contributed by atoms with Crippen LogP contribution in [0.4, 0.5) is 5.82 Å². The van der Waals surface area contributed by atoms with E-state index in [9.17, 15) is 4.79 Å². The number of hydrogen-bond donors (Lipinski definition) is 1. The van der Waals surface area contributed by atoms with Gasteiger partial charge >= 0.3 is 0 Å². The Morgan fingerprint density at radius 3 is 2.80 bits per heavy atom. The van der Waals surface area contributed by atoms with Crippen molar-refractivity contribution in [2.24, 2.45) is 0 Å². The van der Waals surface area contributed by atoms with Crippen LogP contribution in [0.2, 0.25) is 0 Å². The highest BCUT2D eigenvalue weighted by molar-refractivity contribution is 5.93. The van der Waals surface area contributed by atoms with Crippen LogP contribution in [-0.4, -0.2) is 23.6 Å². The van der Waals surface area contributed by atoms with E-state index in [-0.39, 0.29) is 12.5 Å². The molecule has 1 aliphatic rings. The number of aryl methyl sites for hydroxylation is 1. The van der Waals surface area contributed by atoms with E-state index in [0.717, 1.165) is 5.56 Å². The average molecular weight is 270 g/mol. The molecule has 1 aromatic carbocycles. The normalized spacial score (nSPS) is 16.6. The second kappa shape index (κ2) is 5.21. The highest BCUT2D eigenvalue weighted by Crippen LogP contribution is 2.31. The summed E-state index contributed by atoms with van der Waals surface area (Å²) >= 11 is 0. The van der Waals surface area contributed by atoms with Gasteiger partial charge in [-0.25, -0.2) is 4.98 Å². The zero-order chi connectivity index (χ0) is 13.9. The van der Waals surface area contributed by atoms with E-state index in [1.807, 2.05) is 31.2 Å². The molecule has 0 spiro atoms. The van der Waals surface area contributed by atoms with Gasteiger partial charge in [0.05, 0.1) is 0 Å². The van der Waals surface area contributed by atoms with E-state index in [2.05, 4.69) is 10.3 Å². The predicted octanol–water partition coefficient (Wildman–Crippen LogP) is 2.17. The van der Waals surface area contributed by atoms with Crippen molar-refractivity contribution in [2.75, 3.05) is 11.9 Å². The molecular weight excluding hydrogens is 256 g/mol. The number of carbonyl (C=O) groups is 1. The maximum Gasteiger partial charge on any atom is 0.270 e. The van der Waals surface area contributed by atoms with Gasteiger partial charge in [0.1, 0.15) is 12.4 Å². The lowest BCUT2D eigenvalue weighted by molar-refractivity contribution is -0.125. The molecule has 0 saturated carbocycles. The summed E-state index contributed by atoms with van der Waals surface area (Å²) in [7, 11) is 0. The Labute approximate surface area is 116 Å². The number of ether oxygens (including phenoxy) is 2. The summed E-state index contributed by atoms with van der Waals surface area (Å²) in [6, 6.07) is 10.9. The minimum Gasteiger partial charge on any atom is -0.485 e. The topological polar surface area (TPSA) is 60.5 Å². The first-order valence-corrected chi connectivity index (χ1v) is 6.34. The van der Waals surface area contributed by atoms with E-state index in [4.69, 9.17) is 9.47 Å². The molecule has 1 unspecified atom stereocenters. The van der Waals surface area contributed by atoms with Crippen molar-refractivity contribution in [1.82, 2.24) is 4.98 Å². The van der Waals surface area contributed by atoms with Crippen molar-refractivity contribution in [2.45, 2.75) is 13.0 Å². The maximum absolute atomic E-state index is 12.1. The minimum atomic E-state index is -0.673. The molecule has 1 N–H and O–H groups in total. The lowest BCUT2D eigenvalue weighted by Gasteiger charge is -2.25. The van der Waals surface area contributed by atoms with Gasteiger partial charge in [0.2, 0.25) is 6.10 Å². The summed E-state index contributed by atoms with van der Waals surface area (Å²) < 4.78 is 11.1. The first-order chi connectivity index (χ1) is 9.72. The summed E-state index contributed by atoms with van der Waals surface area (Å²) in [6.07, 6.45) is 1.02. The molecule has 2 aromatic rings. The average Bonchev–Trinajstić information content (AvgIpc) is 2.49. The molecule has 5 nitrogen and oxygen atoms in total. The van der Waals surface area contributed by atoms with E-state index < -0.39 is 6.10 Å². The number of carbonyl (C=O) groups excluding carboxylic acids is 1. The van der Waals surface area contributed by atoms with E-state index in [0.29, 0.717) is 17.3 Å². The van der Waals surface area contributed by atoms with Crippen LogP contribution in [0.1, 0.15) is 5.56 Å². The van der Waals surface area contributed by atoms with Crippen LogP contribution >= 0.6 is 0 Å². The standard InChI is InChI=1S/C15H14N2O3/c1-10-6-7-14(16-8-10)17-15(18)13-9-19-11-4-2-3-5-12(11)20-13/h2-8,13H,9H2,1H3,(H,16,17,18). The maximum atomic E-state index is 12.1. The Morgan fingerprint density at radius 2 is 2.05 bits per heavy atom. The first kappa shape index (κ1) is 12.5. The summed E-state index contributed by atoms with van der Waals surface area (Å²) in [5.41, 5.74) is 1.04. The smallest absolute Gasteiger partial charge is 0.270 e. The number of aromatic nitrogens is 1. The molecule has 2 heterocycles. The predicted molar refractivity (Wildman–Crippen MR) is 74.0 cm³/mol. The van der Waals surface area contributed by atoms with Crippen molar-refractivity contribution in [1.29, 1.82) is 0 Å². The van der Waals surface area contributed by atoms with Crippen LogP contribution in [0.3, 0.4) is 0 Å². The number of fused-ring (bicyclic) bond motifs is 1. The quantitative estimate of drug-likeness (QED) is 0.908. The van der Waals surface area contributed by atoms with E-state index in [1.165, 1.54) is 0 Å². The Bertz CT molecular complexity index is 625. The lowest BCUT2D eigenvalue weighted by Crippen LogP contribution is -2.40. The largest absolute Gasteiger partial charge is 0.485 e. The zero-order valence-electron chi connectivity index (χ0n) is 11.0. The van der Waals surface area contributed by atoms with Crippen LogP contribution in [0.25, 0.3) is 0 Å². The minimum absolute atomic E-state index is 0.189. The Hall–Kier alpha value is -2.56. The van der Waals surface area contributed by atoms with Gasteiger partial charge in [0.25, 0.3) is 5.91 Å². The van der Waals surface area contributed by atoms with Gasteiger partial charge in [0.15, 0.2) is 11.5 Å². The Balaban J connectivity index is 1.68. The number of rotatable bonds is 2. The number of nitrogens with zero attached hydrogens (tertiary/aromatic N) is 1. The second-order valence-electron chi connectivity index (χ2n) is 4.57. The third-order valence-electron chi connectivity index (χ3n) is 2.96. The molecule has 0 aliphatic carbocycles. The van der Waals surface area contributed by atoms with Crippen LogP contribution in [0, 0.1) is 6.92 Å². The number of hydrogen-bond acceptors (Lipinski definition) is 4. The molecule has 0 radical (unpaired) electrons. The molecule has 0 bridgehead atoms. The van der Waals surface area contributed by atoms with Gasteiger partial charge in [-0.3, -0.25) is 4.79 Å². The van der Waals surface area contributed by atoms with Gasteiger partial charge < -0.3 is 14.8 Å². The number of pyridine rings is 1. The SMILES string of the molecule is Cc1ccc(NC(=O)C2COc3ccccc3O2)nc1. The van der Waals surface area contributed by atoms with Crippen molar-refractivity contribution in [3.05, 3.63) is 48.2 Å². The van der Waals surface area contributed by atoms with Gasteiger partial charge in [-0.1, -0.05) is 18.2 Å². The summed E-state index contributed by atoms with van der Waals surface area (Å²) in [6.45, 7) is 2.13. The van der Waals surface area contributed by atoms with Crippen LogP contribution in [-0.2, 0) is 4.79 Å². The third-order valence-corrected chi connectivity index (χ3v) is 2.96. The molecule has 1 amide bonds. The molecule has 1 atom stereocenters. The number of benzene rings is 1. The fourth-order valence-electron chi connectivity index (χ4n) is 1.90. The first-order valence-electron chi connectivity index (χ1n) is 6.34. The number of amides is 1. The van der Waals surface area contributed by atoms with Crippen molar-refractivity contribution < 1.29 is 14.3 Å². The molecule has 5 heteroatoms. The molecule has 1 aliphatic heterocycles. The molecule has 3 rings (SSSR count). The van der Waals surface area contributed by atoms with Gasteiger partial charge in [0, 0.05) is 6.20 Å². The fraction of sp³-hybridized carbons (Fsp3) is 0.200. The molecule has 102 valence electrons. The van der Waals surface area contributed by atoms with E-state index in [1.54, 1.807) is 18.3 Å². The summed E-state index contributed by atoms with van der Waals surface area (Å²) in [5, 5.41) is 2.71. The molecule has 20 heavy (non-hydrogen) atoms. The van der Waals surface area contributed by atoms with Gasteiger partial charge in [-0.05, 0) is 30.7 Å². The molecule has 0 saturated heterocycles. The highest BCUT2D eigenvalue weighted by atomic mass is 16.6. The zero-order valence-corrected chi connectivity index (χ0v) is 11.0. The monoisotopic (exact) mass is 270 g/mol. The highest BCUT2D eigenvalue weighted by Gasteiger charge is 2.27. The third kappa shape index (κ3) is 2.56. The van der Waals surface area contributed by atoms with Crippen LogP contribution in [0.15, 0.2) is 42.6 Å². The Morgan fingerprint density at radius 1 is 1.25 bits per heavy atom.